The standard InChI is InChI=1S/C14H21N5O/c1-9(2)11-8-12(19(15)6-5-7-20)16-14-13(11)10(3)17-18(14)4/h7-9H,5-6,15H2,1-4H3. The van der Waals surface area contributed by atoms with Crippen LogP contribution in [0.15, 0.2) is 6.07 Å². The lowest BCUT2D eigenvalue weighted by molar-refractivity contribution is -0.107. The summed E-state index contributed by atoms with van der Waals surface area (Å²) in [6, 6.07) is 1.99. The van der Waals surface area contributed by atoms with E-state index in [1.807, 2.05) is 20.0 Å². The molecule has 108 valence electrons. The molecule has 2 N–H and O–H groups in total. The molecule has 0 fully saturated rings. The lowest BCUT2D eigenvalue weighted by atomic mass is 10.00. The maximum atomic E-state index is 10.5. The lowest BCUT2D eigenvalue weighted by Gasteiger charge is -2.19. The van der Waals surface area contributed by atoms with E-state index < -0.39 is 0 Å². The molecule has 0 bridgehead atoms. The van der Waals surface area contributed by atoms with Gasteiger partial charge in [-0.15, -0.1) is 0 Å². The maximum Gasteiger partial charge on any atom is 0.160 e. The Labute approximate surface area is 118 Å². The second kappa shape index (κ2) is 5.58. The summed E-state index contributed by atoms with van der Waals surface area (Å²) in [5.41, 5.74) is 2.98. The minimum Gasteiger partial charge on any atom is -0.303 e. The van der Waals surface area contributed by atoms with Crippen molar-refractivity contribution in [2.45, 2.75) is 33.1 Å². The van der Waals surface area contributed by atoms with Crippen molar-refractivity contribution in [2.24, 2.45) is 12.9 Å². The molecule has 0 aliphatic carbocycles. The van der Waals surface area contributed by atoms with Crippen LogP contribution in [0.3, 0.4) is 0 Å². The van der Waals surface area contributed by atoms with Crippen LogP contribution in [-0.4, -0.2) is 27.6 Å². The molecule has 2 aromatic heterocycles. The van der Waals surface area contributed by atoms with Gasteiger partial charge in [-0.2, -0.15) is 5.10 Å². The Morgan fingerprint density at radius 1 is 1.50 bits per heavy atom. The molecular weight excluding hydrogens is 254 g/mol. The third-order valence-corrected chi connectivity index (χ3v) is 3.39. The highest BCUT2D eigenvalue weighted by atomic mass is 16.1. The van der Waals surface area contributed by atoms with Crippen LogP contribution in [-0.2, 0) is 11.8 Å². The van der Waals surface area contributed by atoms with E-state index in [-0.39, 0.29) is 0 Å². The smallest absolute Gasteiger partial charge is 0.160 e. The molecule has 2 rings (SSSR count). The van der Waals surface area contributed by atoms with E-state index in [0.717, 1.165) is 23.0 Å². The van der Waals surface area contributed by atoms with Gasteiger partial charge in [0.25, 0.3) is 0 Å². The van der Waals surface area contributed by atoms with Crippen LogP contribution in [0.1, 0.15) is 37.4 Å². The first-order valence-electron chi connectivity index (χ1n) is 6.75. The molecule has 0 spiro atoms. The molecule has 0 amide bonds. The SMILES string of the molecule is Cc1nn(C)c2nc(N(N)CCC=O)cc(C(C)C)c12. The van der Waals surface area contributed by atoms with Crippen molar-refractivity contribution in [1.29, 1.82) is 0 Å². The summed E-state index contributed by atoms with van der Waals surface area (Å²) >= 11 is 0. The van der Waals surface area contributed by atoms with Crippen LogP contribution in [0, 0.1) is 6.92 Å². The molecule has 0 atom stereocenters. The minimum absolute atomic E-state index is 0.349. The average Bonchev–Trinajstić information content (AvgIpc) is 2.70. The number of aryl methyl sites for hydroxylation is 2. The first-order chi connectivity index (χ1) is 9.45. The fraction of sp³-hybridized carbons (Fsp3) is 0.500. The van der Waals surface area contributed by atoms with E-state index in [9.17, 15) is 4.79 Å². The average molecular weight is 275 g/mol. The fourth-order valence-corrected chi connectivity index (χ4v) is 2.37. The van der Waals surface area contributed by atoms with Crippen molar-refractivity contribution >= 4 is 23.1 Å². The number of fused-ring (bicyclic) bond motifs is 1. The zero-order valence-electron chi connectivity index (χ0n) is 12.4. The summed E-state index contributed by atoms with van der Waals surface area (Å²) in [4.78, 5) is 15.0. The van der Waals surface area contributed by atoms with Gasteiger partial charge < -0.3 is 4.79 Å². The molecule has 0 aromatic carbocycles. The summed E-state index contributed by atoms with van der Waals surface area (Å²) in [6.45, 7) is 6.72. The van der Waals surface area contributed by atoms with Gasteiger partial charge in [0.1, 0.15) is 12.1 Å². The van der Waals surface area contributed by atoms with Gasteiger partial charge in [-0.1, -0.05) is 13.8 Å². The van der Waals surface area contributed by atoms with Crippen molar-refractivity contribution in [3.05, 3.63) is 17.3 Å². The van der Waals surface area contributed by atoms with E-state index in [0.29, 0.717) is 24.7 Å². The normalized spacial score (nSPS) is 11.3. The van der Waals surface area contributed by atoms with Crippen LogP contribution in [0.2, 0.25) is 0 Å². The number of aldehydes is 1. The zero-order chi connectivity index (χ0) is 14.9. The maximum absolute atomic E-state index is 10.5. The van der Waals surface area contributed by atoms with Gasteiger partial charge in [-0.25, -0.2) is 10.8 Å². The highest BCUT2D eigenvalue weighted by molar-refractivity contribution is 5.84. The van der Waals surface area contributed by atoms with Gasteiger partial charge in [-0.3, -0.25) is 9.69 Å². The van der Waals surface area contributed by atoms with Crippen LogP contribution < -0.4 is 10.9 Å². The van der Waals surface area contributed by atoms with Crippen LogP contribution >= 0.6 is 0 Å². The topological polar surface area (TPSA) is 77.0 Å². The number of aromatic nitrogens is 3. The van der Waals surface area contributed by atoms with Crippen LogP contribution in [0.25, 0.3) is 11.0 Å². The largest absolute Gasteiger partial charge is 0.303 e. The number of carbonyl (C=O) groups is 1. The van der Waals surface area contributed by atoms with E-state index in [1.54, 1.807) is 4.68 Å². The Bertz CT molecular complexity index is 632. The number of pyridine rings is 1. The van der Waals surface area contributed by atoms with Gasteiger partial charge in [0.15, 0.2) is 5.65 Å². The molecule has 0 saturated carbocycles. The number of hydrogen-bond donors (Lipinski definition) is 1. The highest BCUT2D eigenvalue weighted by Crippen LogP contribution is 2.29. The number of nitrogens with zero attached hydrogens (tertiary/aromatic N) is 4. The molecule has 2 aromatic rings. The Balaban J connectivity index is 2.58. The van der Waals surface area contributed by atoms with Crippen molar-refractivity contribution < 1.29 is 4.79 Å². The Morgan fingerprint density at radius 2 is 2.20 bits per heavy atom. The third kappa shape index (κ3) is 2.51. The van der Waals surface area contributed by atoms with E-state index in [1.165, 1.54) is 10.6 Å². The van der Waals surface area contributed by atoms with Gasteiger partial charge in [-0.05, 0) is 24.5 Å². The quantitative estimate of drug-likeness (QED) is 0.510. The predicted octanol–water partition coefficient (Wildman–Crippen LogP) is 1.67. The molecule has 0 aliphatic heterocycles. The monoisotopic (exact) mass is 275 g/mol. The molecule has 0 aliphatic rings. The number of carbonyl (C=O) groups excluding carboxylic acids is 1. The Hall–Kier alpha value is -1.95. The zero-order valence-corrected chi connectivity index (χ0v) is 12.4. The van der Waals surface area contributed by atoms with Crippen LogP contribution in [0.5, 0.6) is 0 Å². The summed E-state index contributed by atoms with van der Waals surface area (Å²) in [7, 11) is 1.88. The molecule has 2 heterocycles. The summed E-state index contributed by atoms with van der Waals surface area (Å²) < 4.78 is 1.77. The Kier molecular flexibility index (Phi) is 4.04. The predicted molar refractivity (Wildman–Crippen MR) is 79.5 cm³/mol. The van der Waals surface area contributed by atoms with E-state index >= 15 is 0 Å². The van der Waals surface area contributed by atoms with Gasteiger partial charge >= 0.3 is 0 Å². The lowest BCUT2D eigenvalue weighted by Crippen LogP contribution is -2.33. The summed E-state index contributed by atoms with van der Waals surface area (Å²) in [6.07, 6.45) is 1.24. The number of rotatable bonds is 5. The second-order valence-corrected chi connectivity index (χ2v) is 5.28. The first-order valence-corrected chi connectivity index (χ1v) is 6.75. The molecule has 0 saturated heterocycles. The molecule has 6 nitrogen and oxygen atoms in total. The van der Waals surface area contributed by atoms with Crippen LogP contribution in [0.4, 0.5) is 5.82 Å². The molecular formula is C14H21N5O. The van der Waals surface area contributed by atoms with Gasteiger partial charge in [0, 0.05) is 25.4 Å². The molecule has 6 heteroatoms. The molecule has 20 heavy (non-hydrogen) atoms. The fourth-order valence-electron chi connectivity index (χ4n) is 2.37. The number of hydrogen-bond acceptors (Lipinski definition) is 5. The summed E-state index contributed by atoms with van der Waals surface area (Å²) in [5.74, 6) is 7.00. The summed E-state index contributed by atoms with van der Waals surface area (Å²) in [5, 5.41) is 7.04. The second-order valence-electron chi connectivity index (χ2n) is 5.28. The first kappa shape index (κ1) is 14.5. The van der Waals surface area contributed by atoms with E-state index in [2.05, 4.69) is 23.9 Å². The van der Waals surface area contributed by atoms with Crippen molar-refractivity contribution in [1.82, 2.24) is 14.8 Å². The van der Waals surface area contributed by atoms with Crippen molar-refractivity contribution in [3.63, 3.8) is 0 Å². The number of nitrogens with two attached hydrogens (primary N) is 1. The van der Waals surface area contributed by atoms with Gasteiger partial charge in [0.2, 0.25) is 0 Å². The molecule has 0 radical (unpaired) electrons. The molecule has 0 unspecified atom stereocenters. The highest BCUT2D eigenvalue weighted by Gasteiger charge is 2.17. The van der Waals surface area contributed by atoms with Gasteiger partial charge in [0.05, 0.1) is 5.69 Å². The number of anilines is 1. The van der Waals surface area contributed by atoms with E-state index in [4.69, 9.17) is 5.84 Å². The minimum atomic E-state index is 0.349. The third-order valence-electron chi connectivity index (χ3n) is 3.39. The number of hydrazine groups is 1. The Morgan fingerprint density at radius 3 is 2.80 bits per heavy atom. The van der Waals surface area contributed by atoms with Crippen molar-refractivity contribution in [2.75, 3.05) is 11.6 Å². The van der Waals surface area contributed by atoms with Crippen molar-refractivity contribution in [3.8, 4) is 0 Å².